The Bertz CT molecular complexity index is 1210. The molecule has 0 saturated carbocycles. The van der Waals surface area contributed by atoms with Gasteiger partial charge in [0.25, 0.3) is 0 Å². The van der Waals surface area contributed by atoms with Gasteiger partial charge in [0.2, 0.25) is 0 Å². The van der Waals surface area contributed by atoms with E-state index in [2.05, 4.69) is 79.2 Å². The van der Waals surface area contributed by atoms with E-state index in [1.807, 2.05) is 36.5 Å². The summed E-state index contributed by atoms with van der Waals surface area (Å²) in [4.78, 5) is 6.83. The molecule has 1 fully saturated rings. The highest BCUT2D eigenvalue weighted by Crippen LogP contribution is 2.42. The van der Waals surface area contributed by atoms with E-state index in [4.69, 9.17) is 16.6 Å². The number of aryl methyl sites for hydroxylation is 1. The van der Waals surface area contributed by atoms with Gasteiger partial charge in [0.05, 0.1) is 24.5 Å². The summed E-state index contributed by atoms with van der Waals surface area (Å²) in [6, 6.07) is 20.3. The molecule has 156 valence electrons. The summed E-state index contributed by atoms with van der Waals surface area (Å²) in [7, 11) is 0. The van der Waals surface area contributed by atoms with Crippen molar-refractivity contribution in [1.29, 1.82) is 0 Å². The zero-order valence-corrected chi connectivity index (χ0v) is 19.3. The third kappa shape index (κ3) is 3.79. The molecule has 0 unspecified atom stereocenters. The molecule has 2 atom stereocenters. The van der Waals surface area contributed by atoms with Crippen LogP contribution >= 0.6 is 28.1 Å². The van der Waals surface area contributed by atoms with Gasteiger partial charge in [-0.2, -0.15) is 0 Å². The van der Waals surface area contributed by atoms with Crippen molar-refractivity contribution < 1.29 is 4.42 Å². The van der Waals surface area contributed by atoms with Crippen molar-refractivity contribution in [1.82, 2.24) is 14.9 Å². The first-order valence-corrected chi connectivity index (χ1v) is 11.3. The number of thiocarbonyl (C=S) groups is 1. The van der Waals surface area contributed by atoms with Gasteiger partial charge < -0.3 is 19.2 Å². The lowest BCUT2D eigenvalue weighted by Gasteiger charge is -2.29. The minimum Gasteiger partial charge on any atom is -0.467 e. The molecule has 7 heteroatoms. The summed E-state index contributed by atoms with van der Waals surface area (Å²) in [5.74, 6) is 0.909. The fourth-order valence-electron chi connectivity index (χ4n) is 4.12. The molecule has 0 aliphatic carbocycles. The monoisotopic (exact) mass is 492 g/mol. The third-order valence-electron chi connectivity index (χ3n) is 5.59. The molecular formula is C24H21BrN4OS. The number of hydrogen-bond acceptors (Lipinski definition) is 3. The van der Waals surface area contributed by atoms with Crippen molar-refractivity contribution in [2.75, 3.05) is 4.90 Å². The third-order valence-corrected chi connectivity index (χ3v) is 6.80. The van der Waals surface area contributed by atoms with E-state index in [9.17, 15) is 0 Å². The lowest BCUT2D eigenvalue weighted by Crippen LogP contribution is -2.30. The van der Waals surface area contributed by atoms with Crippen LogP contribution in [-0.4, -0.2) is 14.7 Å². The number of nitrogens with one attached hydrogen (secondary N) is 1. The highest BCUT2D eigenvalue weighted by Gasteiger charge is 2.42. The van der Waals surface area contributed by atoms with Gasteiger partial charge in [0.1, 0.15) is 11.8 Å². The molecule has 31 heavy (non-hydrogen) atoms. The van der Waals surface area contributed by atoms with Gasteiger partial charge in [-0.1, -0.05) is 22.0 Å². The van der Waals surface area contributed by atoms with Crippen molar-refractivity contribution in [2.45, 2.75) is 25.6 Å². The predicted octanol–water partition coefficient (Wildman–Crippen LogP) is 5.77. The molecule has 5 nitrogen and oxygen atoms in total. The van der Waals surface area contributed by atoms with Gasteiger partial charge in [-0.25, -0.2) is 0 Å². The number of hydrogen-bond donors (Lipinski definition) is 1. The summed E-state index contributed by atoms with van der Waals surface area (Å²) in [5, 5.41) is 4.21. The summed E-state index contributed by atoms with van der Waals surface area (Å²) >= 11 is 9.44. The van der Waals surface area contributed by atoms with Crippen LogP contribution in [0, 0.1) is 6.92 Å². The second-order valence-electron chi connectivity index (χ2n) is 7.57. The molecule has 1 saturated heterocycles. The van der Waals surface area contributed by atoms with Crippen molar-refractivity contribution in [3.63, 3.8) is 0 Å². The number of anilines is 1. The molecular weight excluding hydrogens is 472 g/mol. The van der Waals surface area contributed by atoms with Crippen molar-refractivity contribution in [3.8, 4) is 0 Å². The van der Waals surface area contributed by atoms with Crippen LogP contribution in [0.1, 0.15) is 34.8 Å². The molecule has 5 rings (SSSR count). The maximum Gasteiger partial charge on any atom is 0.174 e. The molecule has 1 aromatic carbocycles. The Labute approximate surface area is 194 Å². The van der Waals surface area contributed by atoms with E-state index in [0.29, 0.717) is 11.7 Å². The van der Waals surface area contributed by atoms with E-state index in [1.165, 1.54) is 0 Å². The first-order chi connectivity index (χ1) is 15.1. The molecule has 1 aliphatic rings. The number of rotatable bonds is 5. The quantitative estimate of drug-likeness (QED) is 0.358. The smallest absolute Gasteiger partial charge is 0.174 e. The summed E-state index contributed by atoms with van der Waals surface area (Å²) < 4.78 is 8.90. The molecule has 0 amide bonds. The zero-order valence-electron chi connectivity index (χ0n) is 16.9. The number of aromatic nitrogens is 2. The van der Waals surface area contributed by atoms with E-state index in [-0.39, 0.29) is 12.1 Å². The van der Waals surface area contributed by atoms with Crippen LogP contribution in [-0.2, 0) is 6.54 Å². The average molecular weight is 493 g/mol. The van der Waals surface area contributed by atoms with E-state index < -0.39 is 0 Å². The van der Waals surface area contributed by atoms with Crippen LogP contribution in [0.3, 0.4) is 0 Å². The minimum absolute atomic E-state index is 0.0621. The fourth-order valence-corrected chi connectivity index (χ4v) is 4.71. The SMILES string of the molecule is Cc1cc(N2C(=S)N[C@H](c3ccccn3)[C@H]2c2cccn2Cc2ccco2)ccc1Br. The maximum absolute atomic E-state index is 5.83. The van der Waals surface area contributed by atoms with E-state index in [1.54, 1.807) is 6.26 Å². The summed E-state index contributed by atoms with van der Waals surface area (Å²) in [6.45, 7) is 2.74. The number of benzene rings is 1. The van der Waals surface area contributed by atoms with Crippen LogP contribution < -0.4 is 10.2 Å². The number of nitrogens with zero attached hydrogens (tertiary/aromatic N) is 3. The Kier molecular flexibility index (Phi) is 5.38. The predicted molar refractivity (Wildman–Crippen MR) is 129 cm³/mol. The van der Waals surface area contributed by atoms with Crippen LogP contribution in [0.2, 0.25) is 0 Å². The van der Waals surface area contributed by atoms with Crippen LogP contribution in [0.15, 0.2) is 88.2 Å². The minimum atomic E-state index is -0.0806. The molecule has 4 heterocycles. The molecule has 3 aromatic heterocycles. The molecule has 4 aromatic rings. The highest BCUT2D eigenvalue weighted by molar-refractivity contribution is 9.10. The standard InChI is InChI=1S/C24H21BrN4OS/c1-16-14-17(9-10-19(16)25)29-23(22(27-24(29)31)20-7-2-3-11-26-20)21-8-4-12-28(21)15-18-6-5-13-30-18/h2-14,22-23H,15H2,1H3,(H,27,31)/t22-,23-/m1/s1. The second kappa shape index (κ2) is 8.32. The van der Waals surface area contributed by atoms with Gasteiger partial charge in [0.15, 0.2) is 5.11 Å². The number of halogens is 1. The van der Waals surface area contributed by atoms with Gasteiger partial charge in [-0.3, -0.25) is 4.98 Å². The topological polar surface area (TPSA) is 46.2 Å². The molecule has 1 aliphatic heterocycles. The van der Waals surface area contributed by atoms with Crippen LogP contribution in [0.5, 0.6) is 0 Å². The molecule has 0 spiro atoms. The first-order valence-electron chi connectivity index (χ1n) is 10.1. The van der Waals surface area contributed by atoms with Gasteiger partial charge >= 0.3 is 0 Å². The van der Waals surface area contributed by atoms with Crippen LogP contribution in [0.25, 0.3) is 0 Å². The van der Waals surface area contributed by atoms with Crippen molar-refractivity contribution in [2.24, 2.45) is 0 Å². The zero-order chi connectivity index (χ0) is 21.4. The average Bonchev–Trinajstić information content (AvgIpc) is 3.52. The number of pyridine rings is 1. The van der Waals surface area contributed by atoms with Crippen molar-refractivity contribution >= 4 is 38.9 Å². The Balaban J connectivity index is 1.62. The van der Waals surface area contributed by atoms with E-state index in [0.717, 1.165) is 32.9 Å². The lowest BCUT2D eigenvalue weighted by molar-refractivity contribution is 0.475. The summed E-state index contributed by atoms with van der Waals surface area (Å²) in [5.41, 5.74) is 4.30. The fraction of sp³-hybridized carbons (Fsp3) is 0.167. The molecule has 1 N–H and O–H groups in total. The second-order valence-corrected chi connectivity index (χ2v) is 8.81. The Morgan fingerprint density at radius 1 is 1.13 bits per heavy atom. The van der Waals surface area contributed by atoms with Crippen molar-refractivity contribution in [3.05, 3.63) is 107 Å². The Morgan fingerprint density at radius 3 is 2.77 bits per heavy atom. The Hall–Kier alpha value is -2.90. The number of furan rings is 1. The molecule has 0 radical (unpaired) electrons. The summed E-state index contributed by atoms with van der Waals surface area (Å²) in [6.07, 6.45) is 5.61. The largest absolute Gasteiger partial charge is 0.467 e. The van der Waals surface area contributed by atoms with Crippen LogP contribution in [0.4, 0.5) is 5.69 Å². The lowest BCUT2D eigenvalue weighted by atomic mass is 10.0. The first kappa shape index (κ1) is 20.0. The van der Waals surface area contributed by atoms with Gasteiger partial charge in [0, 0.05) is 28.2 Å². The van der Waals surface area contributed by atoms with Gasteiger partial charge in [-0.15, -0.1) is 0 Å². The van der Waals surface area contributed by atoms with Gasteiger partial charge in [-0.05, 0) is 79.3 Å². The molecule has 0 bridgehead atoms. The Morgan fingerprint density at radius 2 is 2.03 bits per heavy atom. The highest BCUT2D eigenvalue weighted by atomic mass is 79.9. The maximum atomic E-state index is 5.83. The normalized spacial score (nSPS) is 18.4. The van der Waals surface area contributed by atoms with E-state index >= 15 is 0 Å².